The number of hydrogen-bond donors (Lipinski definition) is 1. The number of nitrogens with two attached hydrogens (primary N) is 1. The first-order chi connectivity index (χ1) is 11.6. The average Bonchev–Trinajstić information content (AvgIpc) is 2.86. The summed E-state index contributed by atoms with van der Waals surface area (Å²) in [6.07, 6.45) is 3.84. The van der Waals surface area contributed by atoms with Crippen molar-refractivity contribution < 1.29 is 14.1 Å². The van der Waals surface area contributed by atoms with Gasteiger partial charge in [-0.2, -0.15) is 4.98 Å². The van der Waals surface area contributed by atoms with Crippen LogP contribution in [-0.2, 0) is 0 Å². The fourth-order valence-corrected chi connectivity index (χ4v) is 3.01. The molecule has 24 heavy (non-hydrogen) atoms. The van der Waals surface area contributed by atoms with Crippen LogP contribution in [0.25, 0.3) is 0 Å². The molecule has 3 rings (SSSR count). The molecule has 1 saturated heterocycles. The van der Waals surface area contributed by atoms with Crippen molar-refractivity contribution in [2.45, 2.75) is 38.6 Å². The number of aromatic nitrogens is 2. The van der Waals surface area contributed by atoms with Crippen LogP contribution in [0.3, 0.4) is 0 Å². The third-order valence-electron chi connectivity index (χ3n) is 4.27. The third-order valence-corrected chi connectivity index (χ3v) is 4.27. The lowest BCUT2D eigenvalue weighted by Gasteiger charge is -2.28. The molecule has 2 amide bonds. The van der Waals surface area contributed by atoms with Crippen LogP contribution in [0.2, 0.25) is 0 Å². The molecule has 0 unspecified atom stereocenters. The molecule has 2 aromatic rings. The standard InChI is InChI=1S/C17H20N4O3/c1-11-19-16(20-24-11)14-5-3-2-4-10-21(14)17(23)13-8-6-12(7-9-13)15(18)22/h6-9,14H,2-5,10H2,1H3,(H2,18,22)/t14-/m0/s1. The summed E-state index contributed by atoms with van der Waals surface area (Å²) in [5, 5.41) is 4.00. The van der Waals surface area contributed by atoms with E-state index >= 15 is 0 Å². The number of benzene rings is 1. The molecule has 0 radical (unpaired) electrons. The Balaban J connectivity index is 1.88. The van der Waals surface area contributed by atoms with Crippen molar-refractivity contribution in [3.63, 3.8) is 0 Å². The van der Waals surface area contributed by atoms with Gasteiger partial charge < -0.3 is 15.2 Å². The van der Waals surface area contributed by atoms with Crippen LogP contribution in [-0.4, -0.2) is 33.4 Å². The predicted octanol–water partition coefficient (Wildman–Crippen LogP) is 2.23. The maximum absolute atomic E-state index is 12.9. The van der Waals surface area contributed by atoms with E-state index in [1.165, 1.54) is 0 Å². The van der Waals surface area contributed by atoms with Gasteiger partial charge in [-0.3, -0.25) is 9.59 Å². The molecule has 1 fully saturated rings. The highest BCUT2D eigenvalue weighted by molar-refractivity contribution is 5.97. The molecule has 1 atom stereocenters. The van der Waals surface area contributed by atoms with E-state index in [0.29, 0.717) is 29.4 Å². The molecule has 7 heteroatoms. The van der Waals surface area contributed by atoms with Gasteiger partial charge >= 0.3 is 0 Å². The molecule has 0 bridgehead atoms. The molecule has 2 N–H and O–H groups in total. The van der Waals surface area contributed by atoms with E-state index in [9.17, 15) is 9.59 Å². The minimum Gasteiger partial charge on any atom is -0.366 e. The van der Waals surface area contributed by atoms with E-state index in [1.807, 2.05) is 0 Å². The predicted molar refractivity (Wildman–Crippen MR) is 86.2 cm³/mol. The molecule has 1 aliphatic heterocycles. The zero-order valence-electron chi connectivity index (χ0n) is 13.6. The van der Waals surface area contributed by atoms with Gasteiger partial charge in [0.2, 0.25) is 11.8 Å². The molecule has 0 spiro atoms. The van der Waals surface area contributed by atoms with E-state index in [-0.39, 0.29) is 11.9 Å². The SMILES string of the molecule is Cc1nc([C@@H]2CCCCCN2C(=O)c2ccc(C(N)=O)cc2)no1. The molecule has 0 saturated carbocycles. The third kappa shape index (κ3) is 3.29. The van der Waals surface area contributed by atoms with Gasteiger partial charge in [-0.15, -0.1) is 0 Å². The van der Waals surface area contributed by atoms with Crippen LogP contribution in [0.4, 0.5) is 0 Å². The Morgan fingerprint density at radius 2 is 1.88 bits per heavy atom. The lowest BCUT2D eigenvalue weighted by Crippen LogP contribution is -2.35. The van der Waals surface area contributed by atoms with Crippen molar-refractivity contribution in [3.8, 4) is 0 Å². The highest BCUT2D eigenvalue weighted by Crippen LogP contribution is 2.29. The van der Waals surface area contributed by atoms with Crippen molar-refractivity contribution in [2.75, 3.05) is 6.54 Å². The highest BCUT2D eigenvalue weighted by Gasteiger charge is 2.30. The van der Waals surface area contributed by atoms with Gasteiger partial charge in [0.05, 0.1) is 6.04 Å². The van der Waals surface area contributed by atoms with E-state index < -0.39 is 5.91 Å². The number of primary amides is 1. The van der Waals surface area contributed by atoms with Gasteiger partial charge in [0.15, 0.2) is 5.82 Å². The zero-order chi connectivity index (χ0) is 17.1. The largest absolute Gasteiger partial charge is 0.366 e. The fraction of sp³-hybridized carbons (Fsp3) is 0.412. The Labute approximate surface area is 139 Å². The van der Waals surface area contributed by atoms with Crippen LogP contribution in [0.5, 0.6) is 0 Å². The summed E-state index contributed by atoms with van der Waals surface area (Å²) in [5.74, 6) is 0.438. The molecular formula is C17H20N4O3. The van der Waals surface area contributed by atoms with Gasteiger partial charge in [0, 0.05) is 24.6 Å². The Morgan fingerprint density at radius 1 is 1.17 bits per heavy atom. The number of aryl methyl sites for hydroxylation is 1. The molecule has 1 aromatic carbocycles. The van der Waals surface area contributed by atoms with E-state index in [1.54, 1.807) is 36.1 Å². The van der Waals surface area contributed by atoms with Gasteiger partial charge in [-0.05, 0) is 37.1 Å². The summed E-state index contributed by atoms with van der Waals surface area (Å²) in [6.45, 7) is 2.39. The second-order valence-corrected chi connectivity index (χ2v) is 5.98. The Hall–Kier alpha value is -2.70. The topological polar surface area (TPSA) is 102 Å². The molecule has 2 heterocycles. The van der Waals surface area contributed by atoms with Gasteiger partial charge in [0.25, 0.3) is 5.91 Å². The first-order valence-electron chi connectivity index (χ1n) is 8.07. The smallest absolute Gasteiger partial charge is 0.254 e. The van der Waals surface area contributed by atoms with Gasteiger partial charge in [0.1, 0.15) is 0 Å². The monoisotopic (exact) mass is 328 g/mol. The van der Waals surface area contributed by atoms with Crippen LogP contribution in [0.1, 0.15) is 64.2 Å². The minimum atomic E-state index is -0.510. The van der Waals surface area contributed by atoms with Crippen molar-refractivity contribution in [1.82, 2.24) is 15.0 Å². The second kappa shape index (κ2) is 6.82. The van der Waals surface area contributed by atoms with Crippen LogP contribution in [0.15, 0.2) is 28.8 Å². The Kier molecular flexibility index (Phi) is 4.59. The summed E-state index contributed by atoms with van der Waals surface area (Å²) in [4.78, 5) is 30.2. The first kappa shape index (κ1) is 16.2. The van der Waals surface area contributed by atoms with Crippen LogP contribution >= 0.6 is 0 Å². The van der Waals surface area contributed by atoms with E-state index in [4.69, 9.17) is 10.3 Å². The first-order valence-corrected chi connectivity index (χ1v) is 8.07. The molecule has 7 nitrogen and oxygen atoms in total. The zero-order valence-corrected chi connectivity index (χ0v) is 13.6. The van der Waals surface area contributed by atoms with Crippen molar-refractivity contribution in [2.24, 2.45) is 5.73 Å². The number of carbonyl (C=O) groups is 2. The number of amides is 2. The Bertz CT molecular complexity index is 739. The lowest BCUT2D eigenvalue weighted by atomic mass is 10.1. The Morgan fingerprint density at radius 3 is 2.50 bits per heavy atom. The summed E-state index contributed by atoms with van der Waals surface area (Å²) in [5.41, 5.74) is 6.15. The number of nitrogens with zero attached hydrogens (tertiary/aromatic N) is 3. The number of carbonyl (C=O) groups excluding carboxylic acids is 2. The molecule has 1 aliphatic rings. The van der Waals surface area contributed by atoms with Crippen molar-refractivity contribution in [1.29, 1.82) is 0 Å². The number of likely N-dealkylation sites (tertiary alicyclic amines) is 1. The average molecular weight is 328 g/mol. The maximum atomic E-state index is 12.9. The minimum absolute atomic E-state index is 0.0969. The van der Waals surface area contributed by atoms with E-state index in [2.05, 4.69) is 10.1 Å². The van der Waals surface area contributed by atoms with Crippen molar-refractivity contribution >= 4 is 11.8 Å². The molecule has 1 aromatic heterocycles. The fourth-order valence-electron chi connectivity index (χ4n) is 3.01. The summed E-state index contributed by atoms with van der Waals surface area (Å²) in [7, 11) is 0. The normalized spacial score (nSPS) is 18.2. The van der Waals surface area contributed by atoms with E-state index in [0.717, 1.165) is 25.7 Å². The van der Waals surface area contributed by atoms with Gasteiger partial charge in [-0.1, -0.05) is 18.0 Å². The molecule has 0 aliphatic carbocycles. The summed E-state index contributed by atoms with van der Waals surface area (Å²) < 4.78 is 5.08. The molecular weight excluding hydrogens is 308 g/mol. The highest BCUT2D eigenvalue weighted by atomic mass is 16.5. The maximum Gasteiger partial charge on any atom is 0.254 e. The van der Waals surface area contributed by atoms with Gasteiger partial charge in [-0.25, -0.2) is 0 Å². The summed E-state index contributed by atoms with van der Waals surface area (Å²) in [6, 6.07) is 6.22. The summed E-state index contributed by atoms with van der Waals surface area (Å²) >= 11 is 0. The number of rotatable bonds is 3. The second-order valence-electron chi connectivity index (χ2n) is 5.98. The molecule has 126 valence electrons. The van der Waals surface area contributed by atoms with Crippen LogP contribution < -0.4 is 5.73 Å². The number of hydrogen-bond acceptors (Lipinski definition) is 5. The lowest BCUT2D eigenvalue weighted by molar-refractivity contribution is 0.0670. The van der Waals surface area contributed by atoms with Crippen LogP contribution in [0, 0.1) is 6.92 Å². The quantitative estimate of drug-likeness (QED) is 0.930. The van der Waals surface area contributed by atoms with Crippen molar-refractivity contribution in [3.05, 3.63) is 47.1 Å².